The summed E-state index contributed by atoms with van der Waals surface area (Å²) in [6.07, 6.45) is 0. The molecule has 1 heterocycles. The molecule has 0 saturated heterocycles. The lowest BCUT2D eigenvalue weighted by Gasteiger charge is -2.37. The minimum absolute atomic E-state index is 0.451. The van der Waals surface area contributed by atoms with E-state index in [-0.39, 0.29) is 0 Å². The topological polar surface area (TPSA) is 44.8 Å². The zero-order chi connectivity index (χ0) is 19.3. The van der Waals surface area contributed by atoms with E-state index in [1.165, 1.54) is 0 Å². The van der Waals surface area contributed by atoms with Gasteiger partial charge < -0.3 is 18.8 Å². The first-order valence-corrected chi connectivity index (χ1v) is 10.4. The monoisotopic (exact) mass is 374 g/mol. The first kappa shape index (κ1) is 18.8. The molecule has 3 rings (SSSR count). The molecule has 0 aromatic heterocycles. The molecule has 2 aromatic rings. The third-order valence-electron chi connectivity index (χ3n) is 5.07. The van der Waals surface area contributed by atoms with Gasteiger partial charge in [0.25, 0.3) is 0 Å². The minimum Gasteiger partial charge on any atom is -0.496 e. The Bertz CT molecular complexity index is 871. The first-order chi connectivity index (χ1) is 12.1. The highest BCUT2D eigenvalue weighted by atomic mass is 31.2. The van der Waals surface area contributed by atoms with Crippen LogP contribution in [0.4, 0.5) is 0 Å². The van der Waals surface area contributed by atoms with Crippen molar-refractivity contribution in [3.05, 3.63) is 36.4 Å². The standard InChI is InChI=1S/C21H27O4P/c1-20(2,3)26(22)19-14(10-8-13-17(19)25-21(26,4)5)18-15(23-6)11-9-12-16(18)24-7/h8-13H,1-7H3. The van der Waals surface area contributed by atoms with Crippen LogP contribution < -0.4 is 19.5 Å². The maximum atomic E-state index is 14.5. The zero-order valence-electron chi connectivity index (χ0n) is 16.5. The quantitative estimate of drug-likeness (QED) is 0.685. The summed E-state index contributed by atoms with van der Waals surface area (Å²) in [4.78, 5) is 0. The molecule has 0 spiro atoms. The maximum absolute atomic E-state index is 14.5. The summed E-state index contributed by atoms with van der Waals surface area (Å²) in [7, 11) is 0.317. The molecule has 0 fully saturated rings. The van der Waals surface area contributed by atoms with Gasteiger partial charge in [0.1, 0.15) is 17.2 Å². The number of benzene rings is 2. The van der Waals surface area contributed by atoms with Crippen molar-refractivity contribution < 1.29 is 18.8 Å². The van der Waals surface area contributed by atoms with E-state index in [4.69, 9.17) is 14.2 Å². The predicted octanol–water partition coefficient (Wildman–Crippen LogP) is 5.29. The van der Waals surface area contributed by atoms with Crippen LogP contribution in [-0.2, 0) is 4.57 Å². The second kappa shape index (κ2) is 6.06. The molecule has 1 aliphatic heterocycles. The fourth-order valence-corrected chi connectivity index (χ4v) is 8.00. The van der Waals surface area contributed by atoms with Crippen LogP contribution in [0.1, 0.15) is 34.6 Å². The Hall–Kier alpha value is -1.93. The van der Waals surface area contributed by atoms with Gasteiger partial charge in [0, 0.05) is 10.7 Å². The Balaban J connectivity index is 2.42. The van der Waals surface area contributed by atoms with Crippen molar-refractivity contribution in [2.24, 2.45) is 0 Å². The number of fused-ring (bicyclic) bond motifs is 1. The smallest absolute Gasteiger partial charge is 0.165 e. The highest BCUT2D eigenvalue weighted by Crippen LogP contribution is 2.72. The summed E-state index contributed by atoms with van der Waals surface area (Å²) in [5.41, 5.74) is 1.65. The molecule has 0 aliphatic carbocycles. The number of ether oxygens (including phenoxy) is 3. The van der Waals surface area contributed by atoms with Gasteiger partial charge in [-0.1, -0.05) is 39.0 Å². The van der Waals surface area contributed by atoms with Gasteiger partial charge >= 0.3 is 0 Å². The van der Waals surface area contributed by atoms with Crippen molar-refractivity contribution in [2.45, 2.75) is 45.1 Å². The van der Waals surface area contributed by atoms with E-state index in [2.05, 4.69) is 0 Å². The van der Waals surface area contributed by atoms with Crippen LogP contribution >= 0.6 is 7.14 Å². The molecule has 26 heavy (non-hydrogen) atoms. The van der Waals surface area contributed by atoms with E-state index in [0.717, 1.165) is 16.4 Å². The summed E-state index contributed by atoms with van der Waals surface area (Å²) < 4.78 is 31.9. The van der Waals surface area contributed by atoms with Gasteiger partial charge in [-0.3, -0.25) is 0 Å². The van der Waals surface area contributed by atoms with Crippen molar-refractivity contribution >= 4 is 12.4 Å². The van der Waals surface area contributed by atoms with E-state index in [0.29, 0.717) is 17.2 Å². The highest BCUT2D eigenvalue weighted by molar-refractivity contribution is 7.75. The van der Waals surface area contributed by atoms with Crippen LogP contribution in [0.2, 0.25) is 0 Å². The fourth-order valence-electron chi connectivity index (χ4n) is 3.99. The third kappa shape index (κ3) is 2.46. The molecule has 2 aromatic carbocycles. The lowest BCUT2D eigenvalue weighted by Crippen LogP contribution is -2.35. The molecule has 0 bridgehead atoms. The van der Waals surface area contributed by atoms with E-state index in [1.54, 1.807) is 14.2 Å². The van der Waals surface area contributed by atoms with Crippen molar-refractivity contribution in [3.8, 4) is 28.4 Å². The summed E-state index contributed by atoms with van der Waals surface area (Å²) in [6, 6.07) is 11.5. The molecule has 0 amide bonds. The van der Waals surface area contributed by atoms with Crippen LogP contribution in [0.3, 0.4) is 0 Å². The molecule has 1 aliphatic rings. The van der Waals surface area contributed by atoms with E-state index >= 15 is 0 Å². The third-order valence-corrected chi connectivity index (χ3v) is 9.66. The molecule has 1 unspecified atom stereocenters. The number of hydrogen-bond acceptors (Lipinski definition) is 4. The molecule has 0 saturated carbocycles. The molecule has 4 nitrogen and oxygen atoms in total. The summed E-state index contributed by atoms with van der Waals surface area (Å²) >= 11 is 0. The Labute approximate surface area is 155 Å². The van der Waals surface area contributed by atoms with Gasteiger partial charge in [-0.25, -0.2) is 0 Å². The summed E-state index contributed by atoms with van der Waals surface area (Å²) in [5.74, 6) is 2.05. The van der Waals surface area contributed by atoms with E-state index < -0.39 is 17.6 Å². The minimum atomic E-state index is -2.94. The van der Waals surface area contributed by atoms with Crippen LogP contribution in [0.25, 0.3) is 11.1 Å². The number of rotatable bonds is 3. The van der Waals surface area contributed by atoms with Crippen LogP contribution in [0.5, 0.6) is 17.2 Å². The molecular formula is C21H27O4P. The SMILES string of the molecule is COc1cccc(OC)c1-c1cccc2c1P(=O)(C(C)(C)C)C(C)(C)O2. The lowest BCUT2D eigenvalue weighted by atomic mass is 10.0. The Morgan fingerprint density at radius 3 is 2.00 bits per heavy atom. The van der Waals surface area contributed by atoms with Crippen LogP contribution in [-0.4, -0.2) is 24.7 Å². The Morgan fingerprint density at radius 2 is 1.50 bits per heavy atom. The van der Waals surface area contributed by atoms with Crippen molar-refractivity contribution in [1.82, 2.24) is 0 Å². The molecule has 5 heteroatoms. The normalized spacial score (nSPS) is 21.0. The molecule has 1 atom stereocenters. The van der Waals surface area contributed by atoms with Crippen molar-refractivity contribution in [1.29, 1.82) is 0 Å². The second-order valence-electron chi connectivity index (χ2n) is 8.02. The molecule has 0 N–H and O–H groups in total. The number of methoxy groups -OCH3 is 2. The molecule has 140 valence electrons. The average Bonchev–Trinajstić information content (AvgIpc) is 2.80. The molecule has 0 radical (unpaired) electrons. The highest BCUT2D eigenvalue weighted by Gasteiger charge is 2.58. The molecular weight excluding hydrogens is 347 g/mol. The summed E-state index contributed by atoms with van der Waals surface area (Å²) in [6.45, 7) is 9.89. The van der Waals surface area contributed by atoms with Crippen molar-refractivity contribution in [3.63, 3.8) is 0 Å². The lowest BCUT2D eigenvalue weighted by molar-refractivity contribution is 0.201. The fraction of sp³-hybridized carbons (Fsp3) is 0.429. The number of hydrogen-bond donors (Lipinski definition) is 0. The Kier molecular flexibility index (Phi) is 4.39. The summed E-state index contributed by atoms with van der Waals surface area (Å²) in [5, 5.41) is -0.452. The van der Waals surface area contributed by atoms with Gasteiger partial charge in [0.05, 0.1) is 25.1 Å². The van der Waals surface area contributed by atoms with Crippen LogP contribution in [0.15, 0.2) is 36.4 Å². The van der Waals surface area contributed by atoms with Gasteiger partial charge in [0.2, 0.25) is 0 Å². The van der Waals surface area contributed by atoms with Gasteiger partial charge in [-0.05, 0) is 32.0 Å². The second-order valence-corrected chi connectivity index (χ2v) is 12.1. The van der Waals surface area contributed by atoms with Crippen LogP contribution in [0, 0.1) is 0 Å². The largest absolute Gasteiger partial charge is 0.496 e. The van der Waals surface area contributed by atoms with Crippen molar-refractivity contribution in [2.75, 3.05) is 14.2 Å². The first-order valence-electron chi connectivity index (χ1n) is 8.72. The van der Waals surface area contributed by atoms with Gasteiger partial charge in [-0.15, -0.1) is 0 Å². The Morgan fingerprint density at radius 1 is 0.962 bits per heavy atom. The van der Waals surface area contributed by atoms with E-state index in [1.807, 2.05) is 71.0 Å². The van der Waals surface area contributed by atoms with E-state index in [9.17, 15) is 4.57 Å². The predicted molar refractivity (Wildman–Crippen MR) is 107 cm³/mol. The van der Waals surface area contributed by atoms with Gasteiger partial charge in [0.15, 0.2) is 12.5 Å². The average molecular weight is 374 g/mol. The maximum Gasteiger partial charge on any atom is 0.165 e. The van der Waals surface area contributed by atoms with Gasteiger partial charge in [-0.2, -0.15) is 0 Å². The zero-order valence-corrected chi connectivity index (χ0v) is 17.4.